The Balaban J connectivity index is 3.20. The highest BCUT2D eigenvalue weighted by Crippen LogP contribution is 2.28. The molecule has 8 nitrogen and oxygen atoms in total. The first-order valence-electron chi connectivity index (χ1n) is 5.66. The van der Waals surface area contributed by atoms with E-state index in [-0.39, 0.29) is 12.3 Å². The van der Waals surface area contributed by atoms with Gasteiger partial charge >= 0.3 is 17.9 Å². The number of rotatable bonds is 6. The monoisotopic (exact) mass is 302 g/mol. The number of nitrogens with zero attached hydrogens (tertiary/aromatic N) is 2. The summed E-state index contributed by atoms with van der Waals surface area (Å²) in [6, 6.07) is 0. The minimum Gasteiger partial charge on any atom is -0.468 e. The van der Waals surface area contributed by atoms with E-state index in [1.807, 2.05) is 0 Å². The molecule has 0 aliphatic rings. The maximum atomic E-state index is 12.0. The van der Waals surface area contributed by atoms with Gasteiger partial charge in [-0.3, -0.25) is 14.4 Å². The second-order valence-corrected chi connectivity index (χ2v) is 4.19. The fraction of sp³-hybridized carbons (Fsp3) is 0.545. The molecular formula is C11H14N2O6S. The van der Waals surface area contributed by atoms with Gasteiger partial charge in [-0.1, -0.05) is 4.49 Å². The average molecular weight is 302 g/mol. The van der Waals surface area contributed by atoms with Gasteiger partial charge in [-0.2, -0.15) is 0 Å². The van der Waals surface area contributed by atoms with Crippen molar-refractivity contribution in [2.75, 3.05) is 20.8 Å². The largest absolute Gasteiger partial charge is 0.468 e. The number of hydrogen-bond donors (Lipinski definition) is 0. The van der Waals surface area contributed by atoms with Gasteiger partial charge in [0.15, 0.2) is 5.92 Å². The van der Waals surface area contributed by atoms with Gasteiger partial charge in [0.2, 0.25) is 0 Å². The predicted molar refractivity (Wildman–Crippen MR) is 66.8 cm³/mol. The van der Waals surface area contributed by atoms with Gasteiger partial charge in [-0.05, 0) is 18.5 Å². The molecule has 1 atom stereocenters. The van der Waals surface area contributed by atoms with E-state index in [0.29, 0.717) is 0 Å². The summed E-state index contributed by atoms with van der Waals surface area (Å²) in [7, 11) is 2.22. The molecule has 0 aliphatic heterocycles. The summed E-state index contributed by atoms with van der Waals surface area (Å²) in [6.07, 6.45) is 0. The lowest BCUT2D eigenvalue weighted by molar-refractivity contribution is -0.166. The highest BCUT2D eigenvalue weighted by Gasteiger charge is 2.44. The summed E-state index contributed by atoms with van der Waals surface area (Å²) < 4.78 is 17.6. The summed E-state index contributed by atoms with van der Waals surface area (Å²) in [5, 5.41) is 5.19. The zero-order valence-corrected chi connectivity index (χ0v) is 12.0. The number of carbonyl (C=O) groups is 3. The molecule has 0 radical (unpaired) electrons. The van der Waals surface area contributed by atoms with Crippen molar-refractivity contribution < 1.29 is 28.6 Å². The Hall–Kier alpha value is -2.03. The lowest BCUT2D eigenvalue weighted by Crippen LogP contribution is -2.37. The van der Waals surface area contributed by atoms with E-state index in [4.69, 9.17) is 4.74 Å². The van der Waals surface area contributed by atoms with Crippen molar-refractivity contribution in [3.63, 3.8) is 0 Å². The molecule has 0 aliphatic carbocycles. The molecule has 1 aromatic rings. The van der Waals surface area contributed by atoms with Crippen LogP contribution in [-0.2, 0) is 28.6 Å². The SMILES string of the molecule is CCOC(=O)C(c1csnn1)C(C(=O)OC)C(=O)OC. The van der Waals surface area contributed by atoms with Gasteiger partial charge in [0.1, 0.15) is 5.92 Å². The van der Waals surface area contributed by atoms with Gasteiger partial charge in [0, 0.05) is 5.38 Å². The second kappa shape index (κ2) is 7.53. The van der Waals surface area contributed by atoms with Crippen molar-refractivity contribution in [1.29, 1.82) is 0 Å². The molecule has 0 amide bonds. The number of carbonyl (C=O) groups excluding carboxylic acids is 3. The van der Waals surface area contributed by atoms with Gasteiger partial charge in [-0.15, -0.1) is 5.10 Å². The highest BCUT2D eigenvalue weighted by atomic mass is 32.1. The zero-order valence-electron chi connectivity index (χ0n) is 11.2. The minimum atomic E-state index is -1.48. The Morgan fingerprint density at radius 3 is 2.20 bits per heavy atom. The topological polar surface area (TPSA) is 105 Å². The van der Waals surface area contributed by atoms with Gasteiger partial charge in [-0.25, -0.2) is 0 Å². The third kappa shape index (κ3) is 3.50. The summed E-state index contributed by atoms with van der Waals surface area (Å²) in [5.74, 6) is -5.28. The molecule has 0 bridgehead atoms. The standard InChI is InChI=1S/C11H14N2O6S/c1-4-19-11(16)7(6-5-20-13-12-6)8(9(14)17-2)10(15)18-3/h5,7-8H,4H2,1-3H3. The quantitative estimate of drug-likeness (QED) is 0.415. The molecule has 1 rings (SSSR count). The van der Waals surface area contributed by atoms with Crippen molar-refractivity contribution in [2.45, 2.75) is 12.8 Å². The molecule has 0 saturated carbocycles. The third-order valence-electron chi connectivity index (χ3n) is 2.48. The zero-order chi connectivity index (χ0) is 15.1. The van der Waals surface area contributed by atoms with E-state index in [1.54, 1.807) is 6.92 Å². The molecular weight excluding hydrogens is 288 g/mol. The maximum Gasteiger partial charge on any atom is 0.321 e. The Morgan fingerprint density at radius 2 is 1.80 bits per heavy atom. The molecule has 0 saturated heterocycles. The molecule has 0 spiro atoms. The van der Waals surface area contributed by atoms with E-state index in [2.05, 4.69) is 19.1 Å². The second-order valence-electron chi connectivity index (χ2n) is 3.58. The van der Waals surface area contributed by atoms with Crippen molar-refractivity contribution >= 4 is 29.4 Å². The first-order chi connectivity index (χ1) is 9.56. The number of ether oxygens (including phenoxy) is 3. The van der Waals surface area contributed by atoms with Crippen LogP contribution in [0.3, 0.4) is 0 Å². The Kier molecular flexibility index (Phi) is 6.04. The van der Waals surface area contributed by atoms with Crippen molar-refractivity contribution in [3.05, 3.63) is 11.1 Å². The van der Waals surface area contributed by atoms with E-state index >= 15 is 0 Å². The molecule has 9 heteroatoms. The van der Waals surface area contributed by atoms with Crippen LogP contribution in [0.4, 0.5) is 0 Å². The average Bonchev–Trinajstić information content (AvgIpc) is 2.96. The van der Waals surface area contributed by atoms with E-state index < -0.39 is 29.7 Å². The van der Waals surface area contributed by atoms with Crippen LogP contribution in [0.25, 0.3) is 0 Å². The Morgan fingerprint density at radius 1 is 1.20 bits per heavy atom. The van der Waals surface area contributed by atoms with Crippen molar-refractivity contribution in [3.8, 4) is 0 Å². The highest BCUT2D eigenvalue weighted by molar-refractivity contribution is 7.03. The van der Waals surface area contributed by atoms with Crippen LogP contribution in [0.2, 0.25) is 0 Å². The number of aromatic nitrogens is 2. The fourth-order valence-corrected chi connectivity index (χ4v) is 2.08. The van der Waals surface area contributed by atoms with Crippen LogP contribution in [0.15, 0.2) is 5.38 Å². The van der Waals surface area contributed by atoms with Crippen molar-refractivity contribution in [1.82, 2.24) is 9.59 Å². The van der Waals surface area contributed by atoms with E-state index in [9.17, 15) is 14.4 Å². The van der Waals surface area contributed by atoms with Crippen LogP contribution < -0.4 is 0 Å². The molecule has 1 unspecified atom stereocenters. The lowest BCUT2D eigenvalue weighted by Gasteiger charge is -2.19. The smallest absolute Gasteiger partial charge is 0.321 e. The Bertz CT molecular complexity index is 459. The summed E-state index contributed by atoms with van der Waals surface area (Å²) >= 11 is 0.986. The molecule has 1 heterocycles. The van der Waals surface area contributed by atoms with Gasteiger partial charge in [0.25, 0.3) is 0 Å². The van der Waals surface area contributed by atoms with Crippen LogP contribution in [0, 0.1) is 5.92 Å². The maximum absolute atomic E-state index is 12.0. The normalized spacial score (nSPS) is 11.8. The molecule has 0 N–H and O–H groups in total. The van der Waals surface area contributed by atoms with Crippen molar-refractivity contribution in [2.24, 2.45) is 5.92 Å². The van der Waals surface area contributed by atoms with Crippen LogP contribution >= 0.6 is 11.5 Å². The summed E-state index contributed by atoms with van der Waals surface area (Å²) in [6.45, 7) is 1.71. The molecule has 110 valence electrons. The number of hydrogen-bond acceptors (Lipinski definition) is 9. The van der Waals surface area contributed by atoms with Gasteiger partial charge < -0.3 is 14.2 Å². The molecule has 0 aromatic carbocycles. The van der Waals surface area contributed by atoms with Crippen LogP contribution in [0.1, 0.15) is 18.5 Å². The minimum absolute atomic E-state index is 0.0992. The van der Waals surface area contributed by atoms with E-state index in [0.717, 1.165) is 25.8 Å². The predicted octanol–water partition coefficient (Wildman–Crippen LogP) is 0.147. The van der Waals surface area contributed by atoms with Gasteiger partial charge in [0.05, 0.1) is 26.5 Å². The number of methoxy groups -OCH3 is 2. The molecule has 1 aromatic heterocycles. The van der Waals surface area contributed by atoms with E-state index in [1.165, 1.54) is 5.38 Å². The summed E-state index contributed by atoms with van der Waals surface area (Å²) in [4.78, 5) is 35.6. The first-order valence-corrected chi connectivity index (χ1v) is 6.49. The fourth-order valence-electron chi connectivity index (χ4n) is 1.59. The Labute approximate surface area is 119 Å². The van der Waals surface area contributed by atoms with Crippen LogP contribution in [-0.4, -0.2) is 48.3 Å². The third-order valence-corrected chi connectivity index (χ3v) is 3.00. The first kappa shape index (κ1) is 16.0. The molecule has 0 fully saturated rings. The van der Waals surface area contributed by atoms with Crippen LogP contribution in [0.5, 0.6) is 0 Å². The summed E-state index contributed by atoms with van der Waals surface area (Å²) in [5.41, 5.74) is 0.161. The lowest BCUT2D eigenvalue weighted by atomic mass is 9.90. The molecule has 20 heavy (non-hydrogen) atoms. The number of esters is 3.